The number of hydrogen-bond acceptors (Lipinski definition) is 3. The van der Waals surface area contributed by atoms with Crippen molar-refractivity contribution in [1.29, 1.82) is 0 Å². The first-order chi connectivity index (χ1) is 7.24. The van der Waals surface area contributed by atoms with E-state index in [2.05, 4.69) is 5.92 Å². The van der Waals surface area contributed by atoms with Gasteiger partial charge in [-0.05, 0) is 6.07 Å². The molecule has 15 heavy (non-hydrogen) atoms. The van der Waals surface area contributed by atoms with Crippen molar-refractivity contribution in [2.75, 3.05) is 5.73 Å². The minimum atomic E-state index is -0.529. The van der Waals surface area contributed by atoms with Gasteiger partial charge in [0.2, 0.25) is 0 Å². The Kier molecular flexibility index (Phi) is 2.18. The number of rotatable bonds is 1. The van der Waals surface area contributed by atoms with E-state index in [1.807, 2.05) is 12.1 Å². The molecule has 0 aliphatic rings. The van der Waals surface area contributed by atoms with Gasteiger partial charge in [-0.25, -0.2) is 4.79 Å². The van der Waals surface area contributed by atoms with Gasteiger partial charge < -0.3 is 10.2 Å². The summed E-state index contributed by atoms with van der Waals surface area (Å²) in [4.78, 5) is 11.4. The Morgan fingerprint density at radius 2 is 2.13 bits per heavy atom. The molecule has 0 atom stereocenters. The molecule has 2 N–H and O–H groups in total. The molecular formula is C12H9NO2. The zero-order valence-electron chi connectivity index (χ0n) is 7.99. The van der Waals surface area contributed by atoms with Gasteiger partial charge in [-0.1, -0.05) is 18.2 Å². The topological polar surface area (TPSA) is 56.2 Å². The Morgan fingerprint density at radius 1 is 1.40 bits per heavy atom. The zero-order valence-corrected chi connectivity index (χ0v) is 7.99. The van der Waals surface area contributed by atoms with E-state index in [0.29, 0.717) is 17.6 Å². The SMILES string of the molecule is C#CCc1c(N)c(=O)oc2ccccc12. The summed E-state index contributed by atoms with van der Waals surface area (Å²) in [6, 6.07) is 7.19. The van der Waals surface area contributed by atoms with Crippen LogP contribution in [0.1, 0.15) is 5.56 Å². The third kappa shape index (κ3) is 1.46. The van der Waals surface area contributed by atoms with Gasteiger partial charge in [-0.3, -0.25) is 0 Å². The number of para-hydroxylation sites is 1. The number of nitrogen functional groups attached to an aromatic ring is 1. The zero-order chi connectivity index (χ0) is 10.8. The lowest BCUT2D eigenvalue weighted by Crippen LogP contribution is -2.10. The van der Waals surface area contributed by atoms with Crippen LogP contribution in [0.25, 0.3) is 11.0 Å². The molecule has 0 aliphatic heterocycles. The smallest absolute Gasteiger partial charge is 0.359 e. The molecule has 0 fully saturated rings. The van der Waals surface area contributed by atoms with Crippen LogP contribution in [0.2, 0.25) is 0 Å². The molecular weight excluding hydrogens is 190 g/mol. The first-order valence-electron chi connectivity index (χ1n) is 4.47. The van der Waals surface area contributed by atoms with Crippen molar-refractivity contribution in [2.24, 2.45) is 0 Å². The lowest BCUT2D eigenvalue weighted by molar-refractivity contribution is 0.563. The summed E-state index contributed by atoms with van der Waals surface area (Å²) in [5, 5.41) is 0.799. The van der Waals surface area contributed by atoms with Crippen molar-refractivity contribution in [3.63, 3.8) is 0 Å². The third-order valence-corrected chi connectivity index (χ3v) is 2.24. The lowest BCUT2D eigenvalue weighted by atomic mass is 10.1. The Labute approximate surface area is 86.5 Å². The molecule has 1 aromatic heterocycles. The van der Waals surface area contributed by atoms with E-state index in [9.17, 15) is 4.79 Å². The van der Waals surface area contributed by atoms with Gasteiger partial charge in [0, 0.05) is 17.4 Å². The Morgan fingerprint density at radius 3 is 2.87 bits per heavy atom. The molecule has 2 aromatic rings. The predicted octanol–water partition coefficient (Wildman–Crippen LogP) is 1.55. The molecule has 0 unspecified atom stereocenters. The quantitative estimate of drug-likeness (QED) is 0.560. The van der Waals surface area contributed by atoms with Crippen molar-refractivity contribution < 1.29 is 4.42 Å². The molecule has 0 saturated heterocycles. The summed E-state index contributed by atoms with van der Waals surface area (Å²) in [5.41, 5.74) is 6.39. The summed E-state index contributed by atoms with van der Waals surface area (Å²) >= 11 is 0. The number of nitrogens with two attached hydrogens (primary N) is 1. The van der Waals surface area contributed by atoms with E-state index in [0.717, 1.165) is 5.39 Å². The van der Waals surface area contributed by atoms with E-state index in [4.69, 9.17) is 16.6 Å². The van der Waals surface area contributed by atoms with Crippen molar-refractivity contribution in [3.05, 3.63) is 40.2 Å². The number of benzene rings is 1. The largest absolute Gasteiger partial charge is 0.421 e. The second kappa shape index (κ2) is 3.50. The van der Waals surface area contributed by atoms with Gasteiger partial charge >= 0.3 is 5.63 Å². The number of fused-ring (bicyclic) bond motifs is 1. The van der Waals surface area contributed by atoms with Crippen LogP contribution >= 0.6 is 0 Å². The summed E-state index contributed by atoms with van der Waals surface area (Å²) in [6.07, 6.45) is 5.56. The van der Waals surface area contributed by atoms with Crippen molar-refractivity contribution in [3.8, 4) is 12.3 Å². The summed E-state index contributed by atoms with van der Waals surface area (Å²) in [7, 11) is 0. The average Bonchev–Trinajstić information content (AvgIpc) is 2.25. The Bertz CT molecular complexity index is 605. The van der Waals surface area contributed by atoms with Gasteiger partial charge in [0.1, 0.15) is 11.3 Å². The molecule has 0 radical (unpaired) electrons. The molecule has 74 valence electrons. The van der Waals surface area contributed by atoms with E-state index in [-0.39, 0.29) is 5.69 Å². The van der Waals surface area contributed by atoms with Crippen LogP contribution < -0.4 is 11.4 Å². The standard InChI is InChI=1S/C12H9NO2/c1-2-5-9-8-6-3-4-7-10(8)15-12(14)11(9)13/h1,3-4,6-7H,5,13H2. The van der Waals surface area contributed by atoms with Crippen molar-refractivity contribution >= 4 is 16.7 Å². The summed E-state index contributed by atoms with van der Waals surface area (Å²) in [5.74, 6) is 2.48. The molecule has 1 aromatic carbocycles. The van der Waals surface area contributed by atoms with Gasteiger partial charge in [0.25, 0.3) is 0 Å². The maximum absolute atomic E-state index is 11.4. The second-order valence-electron chi connectivity index (χ2n) is 3.16. The second-order valence-corrected chi connectivity index (χ2v) is 3.16. The minimum absolute atomic E-state index is 0.103. The highest BCUT2D eigenvalue weighted by molar-refractivity contribution is 5.84. The van der Waals surface area contributed by atoms with Crippen LogP contribution in [-0.2, 0) is 6.42 Å². The Balaban J connectivity index is 2.90. The lowest BCUT2D eigenvalue weighted by Gasteiger charge is -2.04. The molecule has 0 saturated carbocycles. The Hall–Kier alpha value is -2.21. The third-order valence-electron chi connectivity index (χ3n) is 2.24. The average molecular weight is 199 g/mol. The van der Waals surface area contributed by atoms with E-state index >= 15 is 0 Å². The van der Waals surface area contributed by atoms with Gasteiger partial charge in [0.05, 0.1) is 0 Å². The van der Waals surface area contributed by atoms with Crippen LogP contribution in [0.4, 0.5) is 5.69 Å². The first kappa shape index (κ1) is 9.35. The highest BCUT2D eigenvalue weighted by atomic mass is 16.4. The fraction of sp³-hybridized carbons (Fsp3) is 0.0833. The molecule has 3 heteroatoms. The molecule has 1 heterocycles. The normalized spacial score (nSPS) is 10.1. The highest BCUT2D eigenvalue weighted by Gasteiger charge is 2.09. The molecule has 0 aliphatic carbocycles. The molecule has 3 nitrogen and oxygen atoms in total. The van der Waals surface area contributed by atoms with Crippen LogP contribution in [0.3, 0.4) is 0 Å². The van der Waals surface area contributed by atoms with Crippen LogP contribution in [0.5, 0.6) is 0 Å². The molecule has 0 amide bonds. The van der Waals surface area contributed by atoms with E-state index < -0.39 is 5.63 Å². The van der Waals surface area contributed by atoms with Crippen LogP contribution in [0, 0.1) is 12.3 Å². The molecule has 0 spiro atoms. The van der Waals surface area contributed by atoms with Crippen LogP contribution in [-0.4, -0.2) is 0 Å². The van der Waals surface area contributed by atoms with Gasteiger partial charge in [0.15, 0.2) is 0 Å². The van der Waals surface area contributed by atoms with Crippen molar-refractivity contribution in [1.82, 2.24) is 0 Å². The highest BCUT2D eigenvalue weighted by Crippen LogP contribution is 2.21. The number of hydrogen-bond donors (Lipinski definition) is 1. The fourth-order valence-electron chi connectivity index (χ4n) is 1.52. The maximum atomic E-state index is 11.4. The number of anilines is 1. The first-order valence-corrected chi connectivity index (χ1v) is 4.47. The summed E-state index contributed by atoms with van der Waals surface area (Å²) < 4.78 is 5.03. The minimum Gasteiger partial charge on any atom is -0.421 e. The van der Waals surface area contributed by atoms with Gasteiger partial charge in [-0.15, -0.1) is 12.3 Å². The van der Waals surface area contributed by atoms with Crippen molar-refractivity contribution in [2.45, 2.75) is 6.42 Å². The van der Waals surface area contributed by atoms with E-state index in [1.54, 1.807) is 12.1 Å². The summed E-state index contributed by atoms with van der Waals surface area (Å²) in [6.45, 7) is 0. The molecule has 0 bridgehead atoms. The van der Waals surface area contributed by atoms with Gasteiger partial charge in [-0.2, -0.15) is 0 Å². The van der Waals surface area contributed by atoms with Crippen LogP contribution in [0.15, 0.2) is 33.5 Å². The molecule has 2 rings (SSSR count). The van der Waals surface area contributed by atoms with E-state index in [1.165, 1.54) is 0 Å². The monoisotopic (exact) mass is 199 g/mol. The number of terminal acetylenes is 1. The fourth-order valence-corrected chi connectivity index (χ4v) is 1.52. The maximum Gasteiger partial charge on any atom is 0.359 e. The predicted molar refractivity (Wildman–Crippen MR) is 59.4 cm³/mol.